The van der Waals surface area contributed by atoms with E-state index in [0.29, 0.717) is 13.2 Å². The molecule has 0 saturated carbocycles. The molecular weight excluding hydrogens is 272 g/mol. The maximum Gasteiger partial charge on any atom is 0.185 e. The molecule has 0 fully saturated rings. The van der Waals surface area contributed by atoms with Crippen LogP contribution in [0.15, 0.2) is 24.8 Å². The highest BCUT2D eigenvalue weighted by atomic mass is 32.1. The van der Waals surface area contributed by atoms with Crippen LogP contribution in [0, 0.1) is 11.6 Å². The summed E-state index contributed by atoms with van der Waals surface area (Å²) < 4.78 is 31.7. The van der Waals surface area contributed by atoms with Crippen LogP contribution < -0.4 is 16.2 Å². The first kappa shape index (κ1) is 15.3. The Kier molecular flexibility index (Phi) is 6.17. The molecule has 0 aliphatic rings. The lowest BCUT2D eigenvalue weighted by Gasteiger charge is -2.15. The quantitative estimate of drug-likeness (QED) is 0.421. The van der Waals surface area contributed by atoms with Crippen molar-refractivity contribution >= 4 is 23.0 Å². The van der Waals surface area contributed by atoms with Crippen LogP contribution in [-0.4, -0.2) is 25.4 Å². The fraction of sp³-hybridized carbons (Fsp3) is 0.250. The first-order valence-electron chi connectivity index (χ1n) is 5.48. The third-order valence-electron chi connectivity index (χ3n) is 2.18. The van der Waals surface area contributed by atoms with Crippen molar-refractivity contribution in [2.45, 2.75) is 0 Å². The topological polar surface area (TPSA) is 45.3 Å². The Morgan fingerprint density at radius 2 is 1.95 bits per heavy atom. The Hall–Kier alpha value is -1.73. The minimum absolute atomic E-state index is 0.0477. The highest BCUT2D eigenvalue weighted by Crippen LogP contribution is 2.17. The summed E-state index contributed by atoms with van der Waals surface area (Å²) in [6.45, 7) is 4.56. The summed E-state index contributed by atoms with van der Waals surface area (Å²) in [4.78, 5) is 0. The van der Waals surface area contributed by atoms with Crippen molar-refractivity contribution < 1.29 is 13.5 Å². The van der Waals surface area contributed by atoms with Gasteiger partial charge < -0.3 is 10.1 Å². The second-order valence-electron chi connectivity index (χ2n) is 3.57. The lowest BCUT2D eigenvalue weighted by molar-refractivity contribution is 0.204. The lowest BCUT2D eigenvalue weighted by Crippen LogP contribution is -2.44. The standard InChI is InChI=1S/C12H15F2N3OS/c1-8(11-9(13)4-3-5-10(11)14)16-17-12(19)15-6-7-18-2/h3-5,16H,1,6-7H2,2H3,(H2,15,17,19). The van der Waals surface area contributed by atoms with Crippen molar-refractivity contribution in [2.75, 3.05) is 20.3 Å². The Morgan fingerprint density at radius 1 is 1.32 bits per heavy atom. The number of nitrogens with one attached hydrogen (secondary N) is 3. The zero-order valence-corrected chi connectivity index (χ0v) is 11.2. The average molecular weight is 287 g/mol. The van der Waals surface area contributed by atoms with E-state index in [9.17, 15) is 8.78 Å². The van der Waals surface area contributed by atoms with E-state index in [1.54, 1.807) is 7.11 Å². The molecule has 0 aromatic heterocycles. The van der Waals surface area contributed by atoms with E-state index >= 15 is 0 Å². The van der Waals surface area contributed by atoms with Crippen LogP contribution in [0.1, 0.15) is 5.56 Å². The number of methoxy groups -OCH3 is 1. The van der Waals surface area contributed by atoms with Crippen LogP contribution in [0.2, 0.25) is 0 Å². The minimum Gasteiger partial charge on any atom is -0.383 e. The summed E-state index contributed by atoms with van der Waals surface area (Å²) >= 11 is 4.93. The number of hydrazine groups is 1. The fourth-order valence-corrected chi connectivity index (χ4v) is 1.44. The smallest absolute Gasteiger partial charge is 0.185 e. The number of rotatable bonds is 6. The molecule has 0 atom stereocenters. The average Bonchev–Trinajstić information content (AvgIpc) is 2.36. The number of benzene rings is 1. The molecule has 0 unspecified atom stereocenters. The van der Waals surface area contributed by atoms with Crippen LogP contribution in [0.25, 0.3) is 5.70 Å². The van der Waals surface area contributed by atoms with Crippen molar-refractivity contribution in [3.05, 3.63) is 42.0 Å². The molecule has 3 N–H and O–H groups in total. The lowest BCUT2D eigenvalue weighted by atomic mass is 10.1. The molecule has 0 aliphatic heterocycles. The largest absolute Gasteiger partial charge is 0.383 e. The van der Waals surface area contributed by atoms with E-state index in [0.717, 1.165) is 12.1 Å². The van der Waals surface area contributed by atoms with Crippen molar-refractivity contribution in [3.8, 4) is 0 Å². The van der Waals surface area contributed by atoms with Gasteiger partial charge in [0.1, 0.15) is 11.6 Å². The second kappa shape index (κ2) is 7.65. The van der Waals surface area contributed by atoms with Gasteiger partial charge in [0.15, 0.2) is 5.11 Å². The van der Waals surface area contributed by atoms with Crippen LogP contribution in [0.5, 0.6) is 0 Å². The molecule has 1 aromatic rings. The van der Waals surface area contributed by atoms with Crippen LogP contribution in [0.3, 0.4) is 0 Å². The van der Waals surface area contributed by atoms with Crippen LogP contribution in [-0.2, 0) is 4.74 Å². The Bertz CT molecular complexity index is 448. The molecule has 0 spiro atoms. The number of ether oxygens (including phenoxy) is 1. The zero-order chi connectivity index (χ0) is 14.3. The number of hydrogen-bond donors (Lipinski definition) is 3. The molecule has 19 heavy (non-hydrogen) atoms. The summed E-state index contributed by atoms with van der Waals surface area (Å²) in [7, 11) is 1.57. The van der Waals surface area contributed by atoms with Gasteiger partial charge in [-0.3, -0.25) is 10.9 Å². The molecule has 4 nitrogen and oxygen atoms in total. The summed E-state index contributed by atoms with van der Waals surface area (Å²) in [5.41, 5.74) is 4.93. The fourth-order valence-electron chi connectivity index (χ4n) is 1.29. The van der Waals surface area contributed by atoms with E-state index in [1.165, 1.54) is 6.07 Å². The third kappa shape index (κ3) is 4.80. The van der Waals surface area contributed by atoms with Gasteiger partial charge in [-0.25, -0.2) is 8.78 Å². The van der Waals surface area contributed by atoms with Crippen molar-refractivity contribution in [1.82, 2.24) is 16.2 Å². The maximum atomic E-state index is 13.4. The summed E-state index contributed by atoms with van der Waals surface area (Å²) in [5.74, 6) is -1.39. The van der Waals surface area contributed by atoms with Crippen molar-refractivity contribution in [3.63, 3.8) is 0 Å². The van der Waals surface area contributed by atoms with Gasteiger partial charge >= 0.3 is 0 Å². The Balaban J connectivity index is 2.49. The highest BCUT2D eigenvalue weighted by Gasteiger charge is 2.11. The number of thiocarbonyl (C=S) groups is 1. The monoisotopic (exact) mass is 287 g/mol. The first-order valence-corrected chi connectivity index (χ1v) is 5.89. The summed E-state index contributed by atoms with van der Waals surface area (Å²) in [6.07, 6.45) is 0. The van der Waals surface area contributed by atoms with Gasteiger partial charge in [-0.15, -0.1) is 0 Å². The molecular formula is C12H15F2N3OS. The minimum atomic E-state index is -0.697. The van der Waals surface area contributed by atoms with E-state index in [4.69, 9.17) is 17.0 Å². The first-order chi connectivity index (χ1) is 9.06. The van der Waals surface area contributed by atoms with Gasteiger partial charge in [-0.1, -0.05) is 12.6 Å². The van der Waals surface area contributed by atoms with Crippen molar-refractivity contribution in [2.24, 2.45) is 0 Å². The molecule has 1 aromatic carbocycles. The Labute approximate surface area is 115 Å². The van der Waals surface area contributed by atoms with Gasteiger partial charge in [0.2, 0.25) is 0 Å². The van der Waals surface area contributed by atoms with E-state index < -0.39 is 11.6 Å². The second-order valence-corrected chi connectivity index (χ2v) is 3.98. The molecule has 7 heteroatoms. The molecule has 0 amide bonds. The number of halogens is 2. The van der Waals surface area contributed by atoms with Gasteiger partial charge in [0.25, 0.3) is 0 Å². The maximum absolute atomic E-state index is 13.4. The van der Waals surface area contributed by atoms with E-state index in [1.807, 2.05) is 0 Å². The van der Waals surface area contributed by atoms with E-state index in [2.05, 4.69) is 22.7 Å². The van der Waals surface area contributed by atoms with E-state index in [-0.39, 0.29) is 16.4 Å². The van der Waals surface area contributed by atoms with Gasteiger partial charge in [0.05, 0.1) is 17.9 Å². The predicted octanol–water partition coefficient (Wildman–Crippen LogP) is 1.55. The molecule has 0 aliphatic carbocycles. The zero-order valence-electron chi connectivity index (χ0n) is 10.4. The van der Waals surface area contributed by atoms with Gasteiger partial charge in [0, 0.05) is 13.7 Å². The third-order valence-corrected chi connectivity index (χ3v) is 2.43. The number of hydrogen-bond acceptors (Lipinski definition) is 3. The van der Waals surface area contributed by atoms with Crippen LogP contribution in [0.4, 0.5) is 8.78 Å². The van der Waals surface area contributed by atoms with Crippen molar-refractivity contribution in [1.29, 1.82) is 0 Å². The summed E-state index contributed by atoms with van der Waals surface area (Å²) in [6, 6.07) is 3.59. The predicted molar refractivity (Wildman–Crippen MR) is 74.1 cm³/mol. The molecule has 0 radical (unpaired) electrons. The summed E-state index contributed by atoms with van der Waals surface area (Å²) in [5, 5.41) is 3.10. The highest BCUT2D eigenvalue weighted by molar-refractivity contribution is 7.80. The Morgan fingerprint density at radius 3 is 2.53 bits per heavy atom. The van der Waals surface area contributed by atoms with Gasteiger partial charge in [-0.2, -0.15) is 0 Å². The SMILES string of the molecule is C=C(NNC(=S)NCCOC)c1c(F)cccc1F. The normalized spacial score (nSPS) is 9.84. The van der Waals surface area contributed by atoms with Crippen LogP contribution >= 0.6 is 12.2 Å². The molecule has 104 valence electrons. The van der Waals surface area contributed by atoms with Gasteiger partial charge in [-0.05, 0) is 24.4 Å². The molecule has 0 bridgehead atoms. The molecule has 0 heterocycles. The molecule has 0 saturated heterocycles. The molecule has 1 rings (SSSR count).